The fourth-order valence-corrected chi connectivity index (χ4v) is 2.16. The SMILES string of the molecule is CCC=CN=C(C)Nc1ccc(C(=O)N2CCOCC2)cc1. The van der Waals surface area contributed by atoms with Gasteiger partial charge in [-0.25, -0.2) is 4.99 Å². The van der Waals surface area contributed by atoms with Gasteiger partial charge in [0.1, 0.15) is 5.84 Å². The lowest BCUT2D eigenvalue weighted by Crippen LogP contribution is -2.40. The first kappa shape index (κ1) is 16.2. The van der Waals surface area contributed by atoms with Crippen LogP contribution < -0.4 is 5.32 Å². The average Bonchev–Trinajstić information content (AvgIpc) is 2.56. The number of ether oxygens (including phenoxy) is 1. The number of carbonyl (C=O) groups is 1. The first-order chi connectivity index (χ1) is 10.7. The van der Waals surface area contributed by atoms with E-state index < -0.39 is 0 Å². The highest BCUT2D eigenvalue weighted by atomic mass is 16.5. The van der Waals surface area contributed by atoms with Crippen molar-refractivity contribution in [3.8, 4) is 0 Å². The molecule has 1 aliphatic heterocycles. The van der Waals surface area contributed by atoms with Crippen LogP contribution in [0.25, 0.3) is 0 Å². The summed E-state index contributed by atoms with van der Waals surface area (Å²) in [5.41, 5.74) is 1.62. The van der Waals surface area contributed by atoms with Gasteiger partial charge >= 0.3 is 0 Å². The highest BCUT2D eigenvalue weighted by Gasteiger charge is 2.18. The monoisotopic (exact) mass is 301 g/mol. The van der Waals surface area contributed by atoms with Gasteiger partial charge in [0.05, 0.1) is 13.2 Å². The number of hydrogen-bond acceptors (Lipinski definition) is 3. The summed E-state index contributed by atoms with van der Waals surface area (Å²) in [6, 6.07) is 7.48. The summed E-state index contributed by atoms with van der Waals surface area (Å²) in [6.07, 6.45) is 4.75. The van der Waals surface area contributed by atoms with Crippen LogP contribution in [0.2, 0.25) is 0 Å². The van der Waals surface area contributed by atoms with Crippen molar-refractivity contribution in [3.63, 3.8) is 0 Å². The van der Waals surface area contributed by atoms with E-state index in [-0.39, 0.29) is 5.91 Å². The fourth-order valence-electron chi connectivity index (χ4n) is 2.16. The Bertz CT molecular complexity index is 544. The van der Waals surface area contributed by atoms with Crippen molar-refractivity contribution in [1.29, 1.82) is 0 Å². The van der Waals surface area contributed by atoms with Gasteiger partial charge in [-0.3, -0.25) is 4.79 Å². The number of anilines is 1. The molecule has 1 aliphatic rings. The predicted octanol–water partition coefficient (Wildman–Crippen LogP) is 2.91. The van der Waals surface area contributed by atoms with E-state index in [1.54, 1.807) is 6.20 Å². The van der Waals surface area contributed by atoms with Gasteiger partial charge in [-0.2, -0.15) is 0 Å². The maximum Gasteiger partial charge on any atom is 0.254 e. The molecule has 2 rings (SSSR count). The Hall–Kier alpha value is -2.14. The van der Waals surface area contributed by atoms with Crippen LogP contribution in [-0.2, 0) is 4.74 Å². The van der Waals surface area contributed by atoms with Gasteiger partial charge in [0.2, 0.25) is 0 Å². The van der Waals surface area contributed by atoms with Gasteiger partial charge in [-0.1, -0.05) is 13.0 Å². The van der Waals surface area contributed by atoms with Gasteiger partial charge in [0.25, 0.3) is 5.91 Å². The molecule has 0 bridgehead atoms. The number of nitrogens with one attached hydrogen (secondary N) is 1. The van der Waals surface area contributed by atoms with E-state index in [1.165, 1.54) is 0 Å². The molecule has 0 aliphatic carbocycles. The van der Waals surface area contributed by atoms with Crippen LogP contribution in [0.15, 0.2) is 41.5 Å². The van der Waals surface area contributed by atoms with E-state index >= 15 is 0 Å². The topological polar surface area (TPSA) is 53.9 Å². The smallest absolute Gasteiger partial charge is 0.254 e. The summed E-state index contributed by atoms with van der Waals surface area (Å²) in [5.74, 6) is 0.878. The minimum atomic E-state index is 0.0612. The van der Waals surface area contributed by atoms with Crippen LogP contribution in [0.3, 0.4) is 0 Å². The maximum atomic E-state index is 12.3. The molecule has 1 aromatic carbocycles. The molecule has 1 saturated heterocycles. The van der Waals surface area contributed by atoms with Crippen molar-refractivity contribution in [1.82, 2.24) is 4.90 Å². The molecule has 1 heterocycles. The quantitative estimate of drug-likeness (QED) is 0.687. The molecule has 1 N–H and O–H groups in total. The molecule has 0 unspecified atom stereocenters. The van der Waals surface area contributed by atoms with Crippen molar-refractivity contribution in [2.45, 2.75) is 20.3 Å². The van der Waals surface area contributed by atoms with Crippen molar-refractivity contribution < 1.29 is 9.53 Å². The lowest BCUT2D eigenvalue weighted by Gasteiger charge is -2.26. The number of morpholine rings is 1. The highest BCUT2D eigenvalue weighted by Crippen LogP contribution is 2.12. The Morgan fingerprint density at radius 3 is 2.64 bits per heavy atom. The summed E-state index contributed by atoms with van der Waals surface area (Å²) in [7, 11) is 0. The molecule has 1 amide bonds. The number of carbonyl (C=O) groups excluding carboxylic acids is 1. The number of nitrogens with zero attached hydrogens (tertiary/aromatic N) is 2. The number of amidine groups is 1. The standard InChI is InChI=1S/C17H23N3O2/c1-3-4-9-18-14(2)19-16-7-5-15(6-8-16)17(21)20-10-12-22-13-11-20/h4-9H,3,10-13H2,1-2H3,(H,18,19). The van der Waals surface area contributed by atoms with Crippen LogP contribution >= 0.6 is 0 Å². The average molecular weight is 301 g/mol. The normalized spacial score (nSPS) is 16.1. The minimum Gasteiger partial charge on any atom is -0.378 e. The van der Waals surface area contributed by atoms with Gasteiger partial charge in [-0.05, 0) is 37.6 Å². The zero-order valence-electron chi connectivity index (χ0n) is 13.2. The van der Waals surface area contributed by atoms with Gasteiger partial charge < -0.3 is 15.0 Å². The van der Waals surface area contributed by atoms with E-state index in [1.807, 2.05) is 42.2 Å². The fraction of sp³-hybridized carbons (Fsp3) is 0.412. The third kappa shape index (κ3) is 4.70. The summed E-state index contributed by atoms with van der Waals surface area (Å²) < 4.78 is 5.27. The van der Waals surface area contributed by atoms with E-state index in [0.29, 0.717) is 31.9 Å². The zero-order valence-corrected chi connectivity index (χ0v) is 13.2. The third-order valence-corrected chi connectivity index (χ3v) is 3.36. The Morgan fingerprint density at radius 2 is 2.00 bits per heavy atom. The number of benzene rings is 1. The molecular weight excluding hydrogens is 278 g/mol. The minimum absolute atomic E-state index is 0.0612. The van der Waals surface area contributed by atoms with Crippen LogP contribution in [-0.4, -0.2) is 42.9 Å². The van der Waals surface area contributed by atoms with Crippen LogP contribution in [0.1, 0.15) is 30.6 Å². The Balaban J connectivity index is 1.96. The van der Waals surface area contributed by atoms with Gasteiger partial charge in [-0.15, -0.1) is 0 Å². The lowest BCUT2D eigenvalue weighted by molar-refractivity contribution is 0.0303. The zero-order chi connectivity index (χ0) is 15.8. The lowest BCUT2D eigenvalue weighted by atomic mass is 10.1. The molecule has 5 nitrogen and oxygen atoms in total. The molecule has 0 aromatic heterocycles. The Labute approximate surface area is 131 Å². The molecule has 1 fully saturated rings. The molecule has 0 spiro atoms. The summed E-state index contributed by atoms with van der Waals surface area (Å²) in [6.45, 7) is 6.53. The summed E-state index contributed by atoms with van der Waals surface area (Å²) >= 11 is 0. The number of rotatable bonds is 4. The van der Waals surface area contributed by atoms with E-state index in [4.69, 9.17) is 4.74 Å². The van der Waals surface area contributed by atoms with E-state index in [9.17, 15) is 4.79 Å². The first-order valence-electron chi connectivity index (χ1n) is 7.64. The maximum absolute atomic E-state index is 12.3. The second kappa shape index (κ2) is 8.34. The Morgan fingerprint density at radius 1 is 1.32 bits per heavy atom. The molecule has 0 atom stereocenters. The molecule has 0 radical (unpaired) electrons. The van der Waals surface area contributed by atoms with Crippen molar-refractivity contribution in [3.05, 3.63) is 42.1 Å². The largest absolute Gasteiger partial charge is 0.378 e. The Kier molecular flexibility index (Phi) is 6.15. The molecular formula is C17H23N3O2. The summed E-state index contributed by atoms with van der Waals surface area (Å²) in [4.78, 5) is 18.4. The van der Waals surface area contributed by atoms with Crippen molar-refractivity contribution in [2.75, 3.05) is 31.6 Å². The van der Waals surface area contributed by atoms with Crippen LogP contribution in [0.4, 0.5) is 5.69 Å². The molecule has 0 saturated carbocycles. The first-order valence-corrected chi connectivity index (χ1v) is 7.64. The van der Waals surface area contributed by atoms with Gasteiger partial charge in [0.15, 0.2) is 0 Å². The molecule has 1 aromatic rings. The molecule has 5 heteroatoms. The van der Waals surface area contributed by atoms with Crippen LogP contribution in [0, 0.1) is 0 Å². The van der Waals surface area contributed by atoms with Crippen molar-refractivity contribution >= 4 is 17.4 Å². The number of allylic oxidation sites excluding steroid dienone is 1. The highest BCUT2D eigenvalue weighted by molar-refractivity contribution is 5.96. The molecule has 118 valence electrons. The third-order valence-electron chi connectivity index (χ3n) is 3.36. The predicted molar refractivity (Wildman–Crippen MR) is 89.3 cm³/mol. The van der Waals surface area contributed by atoms with E-state index in [2.05, 4.69) is 17.2 Å². The second-order valence-corrected chi connectivity index (χ2v) is 5.11. The van der Waals surface area contributed by atoms with Gasteiger partial charge in [0, 0.05) is 30.5 Å². The van der Waals surface area contributed by atoms with E-state index in [0.717, 1.165) is 17.9 Å². The molecule has 22 heavy (non-hydrogen) atoms. The number of aliphatic imine (C=N–C) groups is 1. The summed E-state index contributed by atoms with van der Waals surface area (Å²) in [5, 5.41) is 3.20. The van der Waals surface area contributed by atoms with Crippen molar-refractivity contribution in [2.24, 2.45) is 4.99 Å². The number of amides is 1. The van der Waals surface area contributed by atoms with Crippen LogP contribution in [0.5, 0.6) is 0 Å². The number of hydrogen-bond donors (Lipinski definition) is 1. The second-order valence-electron chi connectivity index (χ2n) is 5.11.